The van der Waals surface area contributed by atoms with Gasteiger partial charge in [0.1, 0.15) is 0 Å². The minimum absolute atomic E-state index is 0.0726. The van der Waals surface area contributed by atoms with Crippen LogP contribution in [0.25, 0.3) is 0 Å². The van der Waals surface area contributed by atoms with Crippen LogP contribution in [0.3, 0.4) is 0 Å². The fourth-order valence-electron chi connectivity index (χ4n) is 2.43. The van der Waals surface area contributed by atoms with Crippen LogP contribution in [-0.4, -0.2) is 23.8 Å². The smallest absolute Gasteiger partial charge is 0.305 e. The van der Waals surface area contributed by atoms with E-state index in [4.69, 9.17) is 4.74 Å². The fourth-order valence-corrected chi connectivity index (χ4v) is 2.43. The number of ether oxygens (including phenoxy) is 1. The van der Waals surface area contributed by atoms with Gasteiger partial charge < -0.3 is 9.84 Å². The minimum Gasteiger partial charge on any atom is -0.466 e. The highest BCUT2D eigenvalue weighted by atomic mass is 16.5. The van der Waals surface area contributed by atoms with Crippen molar-refractivity contribution in [3.05, 3.63) is 0 Å². The number of hydrogen-bond acceptors (Lipinski definition) is 3. The standard InChI is InChI=1S/C15H28O3/c16-14-10-7-5-3-1-2-4-6-8-12-15(17)18-13-9-11-14/h14,16H,1-13H2/t14-/m0/s1. The second-order valence-corrected chi connectivity index (χ2v) is 5.38. The van der Waals surface area contributed by atoms with Gasteiger partial charge in [-0.15, -0.1) is 0 Å². The molecule has 0 aromatic heterocycles. The molecule has 1 aliphatic rings. The molecule has 1 aliphatic heterocycles. The van der Waals surface area contributed by atoms with Gasteiger partial charge in [-0.1, -0.05) is 44.9 Å². The van der Waals surface area contributed by atoms with Crippen LogP contribution in [0.1, 0.15) is 77.0 Å². The Morgan fingerprint density at radius 1 is 0.833 bits per heavy atom. The Morgan fingerprint density at radius 2 is 1.39 bits per heavy atom. The summed E-state index contributed by atoms with van der Waals surface area (Å²) < 4.78 is 5.14. The Balaban J connectivity index is 2.20. The molecular formula is C15H28O3. The highest BCUT2D eigenvalue weighted by molar-refractivity contribution is 5.69. The van der Waals surface area contributed by atoms with E-state index in [9.17, 15) is 9.90 Å². The third-order valence-corrected chi connectivity index (χ3v) is 3.61. The lowest BCUT2D eigenvalue weighted by molar-refractivity contribution is -0.144. The molecule has 1 heterocycles. The summed E-state index contributed by atoms with van der Waals surface area (Å²) in [5, 5.41) is 9.74. The summed E-state index contributed by atoms with van der Waals surface area (Å²) in [6.45, 7) is 0.468. The van der Waals surface area contributed by atoms with E-state index in [-0.39, 0.29) is 12.1 Å². The lowest BCUT2D eigenvalue weighted by Crippen LogP contribution is -2.10. The molecule has 3 nitrogen and oxygen atoms in total. The van der Waals surface area contributed by atoms with Crippen LogP contribution in [0.15, 0.2) is 0 Å². The van der Waals surface area contributed by atoms with Crippen molar-refractivity contribution in [3.63, 3.8) is 0 Å². The first-order chi connectivity index (χ1) is 8.79. The molecule has 0 unspecified atom stereocenters. The molecule has 0 bridgehead atoms. The molecule has 0 aromatic carbocycles. The molecule has 1 atom stereocenters. The number of carbonyl (C=O) groups excluding carboxylic acids is 1. The van der Waals surface area contributed by atoms with E-state index in [1.165, 1.54) is 32.1 Å². The molecule has 3 heteroatoms. The van der Waals surface area contributed by atoms with Gasteiger partial charge in [-0.25, -0.2) is 0 Å². The number of aliphatic hydroxyl groups excluding tert-OH is 1. The Hall–Kier alpha value is -0.570. The third-order valence-electron chi connectivity index (χ3n) is 3.61. The van der Waals surface area contributed by atoms with Crippen molar-refractivity contribution in [3.8, 4) is 0 Å². The first-order valence-corrected chi connectivity index (χ1v) is 7.63. The molecule has 1 rings (SSSR count). The minimum atomic E-state index is -0.211. The molecule has 0 radical (unpaired) electrons. The zero-order valence-electron chi connectivity index (χ0n) is 11.5. The summed E-state index contributed by atoms with van der Waals surface area (Å²) >= 11 is 0. The Kier molecular flexibility index (Phi) is 8.92. The van der Waals surface area contributed by atoms with Gasteiger partial charge in [-0.05, 0) is 25.7 Å². The van der Waals surface area contributed by atoms with Gasteiger partial charge in [0.05, 0.1) is 12.7 Å². The quantitative estimate of drug-likeness (QED) is 0.674. The zero-order chi connectivity index (χ0) is 13.1. The van der Waals surface area contributed by atoms with Crippen LogP contribution < -0.4 is 0 Å². The van der Waals surface area contributed by atoms with E-state index in [0.717, 1.165) is 38.5 Å². The van der Waals surface area contributed by atoms with E-state index in [0.29, 0.717) is 13.0 Å². The van der Waals surface area contributed by atoms with Crippen molar-refractivity contribution >= 4 is 5.97 Å². The normalized spacial score (nSPS) is 26.5. The molecule has 18 heavy (non-hydrogen) atoms. The summed E-state index contributed by atoms with van der Waals surface area (Å²) in [6, 6.07) is 0. The fraction of sp³-hybridized carbons (Fsp3) is 0.933. The van der Waals surface area contributed by atoms with Gasteiger partial charge in [-0.3, -0.25) is 4.79 Å². The SMILES string of the molecule is O=C1CCCCCCCCCC[C@H](O)CCCO1. The monoisotopic (exact) mass is 256 g/mol. The van der Waals surface area contributed by atoms with Crippen molar-refractivity contribution in [2.24, 2.45) is 0 Å². The molecule has 0 aliphatic carbocycles. The van der Waals surface area contributed by atoms with Crippen LogP contribution in [-0.2, 0) is 9.53 Å². The summed E-state index contributed by atoms with van der Waals surface area (Å²) in [5.41, 5.74) is 0. The Labute approximate surface area is 111 Å². The molecule has 0 spiro atoms. The Bertz CT molecular complexity index is 216. The maximum absolute atomic E-state index is 11.4. The summed E-state index contributed by atoms with van der Waals surface area (Å²) in [6.07, 6.45) is 12.3. The molecule has 0 aromatic rings. The van der Waals surface area contributed by atoms with E-state index in [1.807, 2.05) is 0 Å². The zero-order valence-corrected chi connectivity index (χ0v) is 11.5. The van der Waals surface area contributed by atoms with Gasteiger partial charge in [0.25, 0.3) is 0 Å². The van der Waals surface area contributed by atoms with Crippen LogP contribution in [0, 0.1) is 0 Å². The van der Waals surface area contributed by atoms with Crippen molar-refractivity contribution < 1.29 is 14.6 Å². The van der Waals surface area contributed by atoms with Gasteiger partial charge in [0.2, 0.25) is 0 Å². The molecule has 1 fully saturated rings. The molecule has 1 saturated heterocycles. The average Bonchev–Trinajstić information content (AvgIpc) is 2.35. The van der Waals surface area contributed by atoms with Crippen LogP contribution in [0.5, 0.6) is 0 Å². The second kappa shape index (κ2) is 10.4. The van der Waals surface area contributed by atoms with E-state index in [1.54, 1.807) is 0 Å². The number of carbonyl (C=O) groups is 1. The first kappa shape index (κ1) is 15.5. The second-order valence-electron chi connectivity index (χ2n) is 5.38. The first-order valence-electron chi connectivity index (χ1n) is 7.63. The summed E-state index contributed by atoms with van der Waals surface area (Å²) in [7, 11) is 0. The predicted molar refractivity (Wildman–Crippen MR) is 72.4 cm³/mol. The number of cyclic esters (lactones) is 1. The average molecular weight is 256 g/mol. The molecule has 1 N–H and O–H groups in total. The summed E-state index contributed by atoms with van der Waals surface area (Å²) in [5.74, 6) is -0.0726. The van der Waals surface area contributed by atoms with Crippen LogP contribution in [0.2, 0.25) is 0 Å². The number of rotatable bonds is 0. The molecular weight excluding hydrogens is 228 g/mol. The van der Waals surface area contributed by atoms with Crippen LogP contribution in [0.4, 0.5) is 0 Å². The molecule has 0 saturated carbocycles. The largest absolute Gasteiger partial charge is 0.466 e. The third kappa shape index (κ3) is 8.51. The van der Waals surface area contributed by atoms with Gasteiger partial charge in [0.15, 0.2) is 0 Å². The molecule has 106 valence electrons. The number of esters is 1. The molecule has 0 amide bonds. The maximum Gasteiger partial charge on any atom is 0.305 e. The number of hydrogen-bond donors (Lipinski definition) is 1. The van der Waals surface area contributed by atoms with Gasteiger partial charge in [-0.2, -0.15) is 0 Å². The highest BCUT2D eigenvalue weighted by Crippen LogP contribution is 2.14. The number of aliphatic hydroxyl groups is 1. The van der Waals surface area contributed by atoms with Crippen LogP contribution >= 0.6 is 0 Å². The Morgan fingerprint density at radius 3 is 2.11 bits per heavy atom. The predicted octanol–water partition coefficient (Wildman–Crippen LogP) is 3.59. The van der Waals surface area contributed by atoms with Crippen molar-refractivity contribution in [2.75, 3.05) is 6.61 Å². The lowest BCUT2D eigenvalue weighted by atomic mass is 10.0. The van der Waals surface area contributed by atoms with Gasteiger partial charge in [0, 0.05) is 6.42 Å². The van der Waals surface area contributed by atoms with E-state index < -0.39 is 0 Å². The highest BCUT2D eigenvalue weighted by Gasteiger charge is 2.06. The summed E-state index contributed by atoms with van der Waals surface area (Å²) in [4.78, 5) is 11.4. The van der Waals surface area contributed by atoms with Crippen molar-refractivity contribution in [2.45, 2.75) is 83.2 Å². The van der Waals surface area contributed by atoms with Crippen molar-refractivity contribution in [1.29, 1.82) is 0 Å². The van der Waals surface area contributed by atoms with Crippen molar-refractivity contribution in [1.82, 2.24) is 0 Å². The topological polar surface area (TPSA) is 46.5 Å². The lowest BCUT2D eigenvalue weighted by Gasteiger charge is -2.11. The van der Waals surface area contributed by atoms with E-state index >= 15 is 0 Å². The van der Waals surface area contributed by atoms with E-state index in [2.05, 4.69) is 0 Å². The maximum atomic E-state index is 11.4. The van der Waals surface area contributed by atoms with Gasteiger partial charge >= 0.3 is 5.97 Å².